The van der Waals surface area contributed by atoms with E-state index in [0.717, 1.165) is 16.8 Å². The number of hydrogen-bond donors (Lipinski definition) is 1. The van der Waals surface area contributed by atoms with Crippen LogP contribution in [0.25, 0.3) is 5.69 Å². The highest BCUT2D eigenvalue weighted by Gasteiger charge is 2.17. The van der Waals surface area contributed by atoms with Crippen LogP contribution in [0.4, 0.5) is 4.39 Å². The molecule has 0 saturated carbocycles. The molecule has 2 heterocycles. The quantitative estimate of drug-likeness (QED) is 0.683. The lowest BCUT2D eigenvalue weighted by molar-refractivity contribution is -0.122. The molecule has 2 aromatic heterocycles. The maximum absolute atomic E-state index is 13.5. The Labute approximate surface area is 164 Å². The van der Waals surface area contributed by atoms with Crippen molar-refractivity contribution in [1.82, 2.24) is 25.0 Å². The zero-order valence-electron chi connectivity index (χ0n) is 16.3. The van der Waals surface area contributed by atoms with Gasteiger partial charge in [0.25, 0.3) is 0 Å². The number of aromatic nitrogens is 3. The van der Waals surface area contributed by atoms with Crippen LogP contribution in [0.1, 0.15) is 29.8 Å². The predicted molar refractivity (Wildman–Crippen MR) is 105 cm³/mol. The van der Waals surface area contributed by atoms with Gasteiger partial charge in [-0.2, -0.15) is 5.10 Å². The van der Waals surface area contributed by atoms with Gasteiger partial charge in [0, 0.05) is 30.2 Å². The Balaban J connectivity index is 1.61. The van der Waals surface area contributed by atoms with E-state index in [2.05, 4.69) is 15.4 Å². The van der Waals surface area contributed by atoms with Gasteiger partial charge in [-0.3, -0.25) is 14.7 Å². The Hall–Kier alpha value is -3.06. The predicted octanol–water partition coefficient (Wildman–Crippen LogP) is 3.02. The molecule has 0 bridgehead atoms. The summed E-state index contributed by atoms with van der Waals surface area (Å²) in [5.74, 6) is -0.380. The van der Waals surface area contributed by atoms with Crippen LogP contribution < -0.4 is 5.32 Å². The standard InChI is InChI=1S/C21H24FN5O/c1-15(25-21(28)14-26(3)13-17-7-9-23-10-8-17)20-12-24-27(16(20)2)19-6-4-5-18(22)11-19/h4-12,15H,13-14H2,1-3H3,(H,25,28)/t15-/m0/s1. The summed E-state index contributed by atoms with van der Waals surface area (Å²) in [6, 6.07) is 9.93. The van der Waals surface area contributed by atoms with Crippen LogP contribution in [0.3, 0.4) is 0 Å². The van der Waals surface area contributed by atoms with Crippen molar-refractivity contribution < 1.29 is 9.18 Å². The third-order valence-corrected chi connectivity index (χ3v) is 4.56. The molecule has 1 atom stereocenters. The van der Waals surface area contributed by atoms with Crippen LogP contribution in [-0.2, 0) is 11.3 Å². The Morgan fingerprint density at radius 1 is 1.29 bits per heavy atom. The summed E-state index contributed by atoms with van der Waals surface area (Å²) >= 11 is 0. The number of carbonyl (C=O) groups excluding carboxylic acids is 1. The number of pyridine rings is 1. The van der Waals surface area contributed by atoms with Crippen molar-refractivity contribution in [3.8, 4) is 5.69 Å². The van der Waals surface area contributed by atoms with Gasteiger partial charge in [-0.15, -0.1) is 0 Å². The monoisotopic (exact) mass is 381 g/mol. The van der Waals surface area contributed by atoms with E-state index in [0.29, 0.717) is 12.2 Å². The number of nitrogens with zero attached hydrogens (tertiary/aromatic N) is 4. The first kappa shape index (κ1) is 19.7. The Bertz CT molecular complexity index is 941. The lowest BCUT2D eigenvalue weighted by atomic mass is 10.1. The second kappa shape index (κ2) is 8.75. The molecule has 0 fully saturated rings. The largest absolute Gasteiger partial charge is 0.348 e. The second-order valence-electron chi connectivity index (χ2n) is 6.89. The first-order valence-corrected chi connectivity index (χ1v) is 9.11. The number of hydrogen-bond acceptors (Lipinski definition) is 4. The Morgan fingerprint density at radius 2 is 2.04 bits per heavy atom. The van der Waals surface area contributed by atoms with Crippen molar-refractivity contribution in [3.63, 3.8) is 0 Å². The molecule has 0 radical (unpaired) electrons. The average Bonchev–Trinajstić information content (AvgIpc) is 3.04. The topological polar surface area (TPSA) is 63.1 Å². The number of benzene rings is 1. The molecule has 6 nitrogen and oxygen atoms in total. The summed E-state index contributed by atoms with van der Waals surface area (Å²) < 4.78 is 15.2. The fourth-order valence-corrected chi connectivity index (χ4v) is 3.18. The van der Waals surface area contributed by atoms with E-state index in [9.17, 15) is 9.18 Å². The van der Waals surface area contributed by atoms with Gasteiger partial charge >= 0.3 is 0 Å². The number of nitrogens with one attached hydrogen (secondary N) is 1. The average molecular weight is 381 g/mol. The van der Waals surface area contributed by atoms with E-state index in [-0.39, 0.29) is 24.3 Å². The second-order valence-corrected chi connectivity index (χ2v) is 6.89. The summed E-state index contributed by atoms with van der Waals surface area (Å²) in [6.45, 7) is 4.77. The van der Waals surface area contributed by atoms with Crippen molar-refractivity contribution in [2.45, 2.75) is 26.4 Å². The fourth-order valence-electron chi connectivity index (χ4n) is 3.18. The van der Waals surface area contributed by atoms with Crippen LogP contribution in [0.15, 0.2) is 55.0 Å². The lowest BCUT2D eigenvalue weighted by Gasteiger charge is -2.19. The fraction of sp³-hybridized carbons (Fsp3) is 0.286. The Kier molecular flexibility index (Phi) is 6.16. The Morgan fingerprint density at radius 3 is 2.75 bits per heavy atom. The van der Waals surface area contributed by atoms with E-state index in [1.165, 1.54) is 12.1 Å². The molecule has 3 aromatic rings. The van der Waals surface area contributed by atoms with Gasteiger partial charge in [-0.25, -0.2) is 9.07 Å². The number of halogens is 1. The number of likely N-dealkylation sites (N-methyl/N-ethyl adjacent to an activating group) is 1. The molecule has 0 saturated heterocycles. The molecular weight excluding hydrogens is 357 g/mol. The third kappa shape index (κ3) is 4.80. The minimum absolute atomic E-state index is 0.0676. The molecule has 0 aliphatic heterocycles. The molecule has 28 heavy (non-hydrogen) atoms. The first-order valence-electron chi connectivity index (χ1n) is 9.11. The maximum atomic E-state index is 13.5. The molecule has 3 rings (SSSR count). The van der Waals surface area contributed by atoms with Gasteiger partial charge in [-0.05, 0) is 56.8 Å². The van der Waals surface area contributed by atoms with Gasteiger partial charge in [0.2, 0.25) is 5.91 Å². The van der Waals surface area contributed by atoms with Crippen LogP contribution in [-0.4, -0.2) is 39.2 Å². The van der Waals surface area contributed by atoms with E-state index in [1.807, 2.05) is 37.9 Å². The molecule has 0 aliphatic carbocycles. The van der Waals surface area contributed by atoms with E-state index < -0.39 is 0 Å². The highest BCUT2D eigenvalue weighted by molar-refractivity contribution is 5.78. The SMILES string of the molecule is Cc1c([C@H](C)NC(=O)CN(C)Cc2ccncc2)cnn1-c1cccc(F)c1. The lowest BCUT2D eigenvalue weighted by Crippen LogP contribution is -2.36. The maximum Gasteiger partial charge on any atom is 0.234 e. The van der Waals surface area contributed by atoms with Crippen LogP contribution in [0, 0.1) is 12.7 Å². The van der Waals surface area contributed by atoms with Crippen LogP contribution >= 0.6 is 0 Å². The smallest absolute Gasteiger partial charge is 0.234 e. The number of rotatable bonds is 7. The molecule has 0 unspecified atom stereocenters. The van der Waals surface area contributed by atoms with Crippen molar-refractivity contribution in [2.24, 2.45) is 0 Å². The molecule has 1 aromatic carbocycles. The molecule has 1 amide bonds. The van der Waals surface area contributed by atoms with Crippen molar-refractivity contribution in [2.75, 3.05) is 13.6 Å². The molecule has 146 valence electrons. The van der Waals surface area contributed by atoms with Gasteiger partial charge in [0.15, 0.2) is 0 Å². The third-order valence-electron chi connectivity index (χ3n) is 4.56. The van der Waals surface area contributed by atoms with Crippen molar-refractivity contribution in [3.05, 3.63) is 77.6 Å². The van der Waals surface area contributed by atoms with Gasteiger partial charge < -0.3 is 5.32 Å². The summed E-state index contributed by atoms with van der Waals surface area (Å²) in [6.07, 6.45) is 5.20. The van der Waals surface area contributed by atoms with Crippen LogP contribution in [0.5, 0.6) is 0 Å². The molecule has 0 spiro atoms. The zero-order valence-corrected chi connectivity index (χ0v) is 16.3. The summed E-state index contributed by atoms with van der Waals surface area (Å²) in [5, 5.41) is 7.36. The molecule has 7 heteroatoms. The van der Waals surface area contributed by atoms with Crippen molar-refractivity contribution >= 4 is 5.91 Å². The zero-order chi connectivity index (χ0) is 20.1. The normalized spacial score (nSPS) is 12.2. The molecular formula is C21H24FN5O. The first-order chi connectivity index (χ1) is 13.4. The summed E-state index contributed by atoms with van der Waals surface area (Å²) in [5.41, 5.74) is 3.52. The molecule has 0 aliphatic rings. The molecule has 1 N–H and O–H groups in total. The number of carbonyl (C=O) groups is 1. The minimum Gasteiger partial charge on any atom is -0.348 e. The minimum atomic E-state index is -0.312. The van der Waals surface area contributed by atoms with E-state index in [4.69, 9.17) is 0 Å². The van der Waals surface area contributed by atoms with Crippen LogP contribution in [0.2, 0.25) is 0 Å². The van der Waals surface area contributed by atoms with E-state index >= 15 is 0 Å². The van der Waals surface area contributed by atoms with Gasteiger partial charge in [0.1, 0.15) is 5.82 Å². The van der Waals surface area contributed by atoms with E-state index in [1.54, 1.807) is 35.4 Å². The van der Waals surface area contributed by atoms with Gasteiger partial charge in [-0.1, -0.05) is 6.07 Å². The van der Waals surface area contributed by atoms with Crippen molar-refractivity contribution in [1.29, 1.82) is 0 Å². The number of amides is 1. The highest BCUT2D eigenvalue weighted by atomic mass is 19.1. The summed E-state index contributed by atoms with van der Waals surface area (Å²) in [7, 11) is 1.90. The summed E-state index contributed by atoms with van der Waals surface area (Å²) in [4.78, 5) is 18.4. The highest BCUT2D eigenvalue weighted by Crippen LogP contribution is 2.20. The van der Waals surface area contributed by atoms with Gasteiger partial charge in [0.05, 0.1) is 24.5 Å².